The summed E-state index contributed by atoms with van der Waals surface area (Å²) in [6.07, 6.45) is 0. The number of hydrogen-bond acceptors (Lipinski definition) is 2. The SMILES string of the molecule is CC(C)Cn1[nH]c2cc(C(=O)O)ccc2c1=O. The summed E-state index contributed by atoms with van der Waals surface area (Å²) in [5.74, 6) is -0.649. The highest BCUT2D eigenvalue weighted by atomic mass is 16.4. The molecule has 1 heterocycles. The third-order valence-corrected chi connectivity index (χ3v) is 2.55. The molecule has 17 heavy (non-hydrogen) atoms. The van der Waals surface area contributed by atoms with Crippen LogP contribution in [-0.2, 0) is 6.54 Å². The number of nitrogens with one attached hydrogen (secondary N) is 1. The van der Waals surface area contributed by atoms with E-state index in [1.165, 1.54) is 16.8 Å². The average Bonchev–Trinajstić information content (AvgIpc) is 2.54. The van der Waals surface area contributed by atoms with Crippen LogP contribution in [0.15, 0.2) is 23.0 Å². The lowest BCUT2D eigenvalue weighted by molar-refractivity contribution is 0.0697. The molecule has 0 spiro atoms. The molecule has 0 amide bonds. The van der Waals surface area contributed by atoms with Crippen molar-refractivity contribution in [2.24, 2.45) is 5.92 Å². The van der Waals surface area contributed by atoms with E-state index in [-0.39, 0.29) is 11.1 Å². The van der Waals surface area contributed by atoms with E-state index in [9.17, 15) is 9.59 Å². The topological polar surface area (TPSA) is 75.1 Å². The Balaban J connectivity index is 2.57. The van der Waals surface area contributed by atoms with E-state index in [1.807, 2.05) is 13.8 Å². The van der Waals surface area contributed by atoms with E-state index in [1.54, 1.807) is 6.07 Å². The number of carboxylic acids is 1. The van der Waals surface area contributed by atoms with Crippen molar-refractivity contribution in [1.82, 2.24) is 9.78 Å². The molecule has 0 unspecified atom stereocenters. The molecule has 0 saturated heterocycles. The zero-order valence-electron chi connectivity index (χ0n) is 9.73. The first-order valence-corrected chi connectivity index (χ1v) is 5.45. The third kappa shape index (κ3) is 2.08. The summed E-state index contributed by atoms with van der Waals surface area (Å²) in [6, 6.07) is 4.48. The number of hydrogen-bond donors (Lipinski definition) is 2. The Labute approximate surface area is 97.7 Å². The van der Waals surface area contributed by atoms with Gasteiger partial charge in [0.05, 0.1) is 16.5 Å². The van der Waals surface area contributed by atoms with E-state index in [0.29, 0.717) is 23.4 Å². The maximum absolute atomic E-state index is 11.9. The molecule has 0 aliphatic heterocycles. The number of fused-ring (bicyclic) bond motifs is 1. The summed E-state index contributed by atoms with van der Waals surface area (Å²) >= 11 is 0. The lowest BCUT2D eigenvalue weighted by Crippen LogP contribution is -2.19. The molecule has 5 heteroatoms. The van der Waals surface area contributed by atoms with Crippen LogP contribution in [0.25, 0.3) is 10.9 Å². The van der Waals surface area contributed by atoms with Gasteiger partial charge >= 0.3 is 5.97 Å². The van der Waals surface area contributed by atoms with Crippen LogP contribution in [0.1, 0.15) is 24.2 Å². The molecule has 0 fully saturated rings. The van der Waals surface area contributed by atoms with Gasteiger partial charge in [0.2, 0.25) is 0 Å². The van der Waals surface area contributed by atoms with Gasteiger partial charge in [0, 0.05) is 6.54 Å². The first kappa shape index (κ1) is 11.4. The van der Waals surface area contributed by atoms with Gasteiger partial charge < -0.3 is 5.11 Å². The van der Waals surface area contributed by atoms with Gasteiger partial charge in [0.15, 0.2) is 0 Å². The van der Waals surface area contributed by atoms with Crippen LogP contribution in [0, 0.1) is 5.92 Å². The van der Waals surface area contributed by atoms with Gasteiger partial charge in [-0.1, -0.05) is 13.8 Å². The van der Waals surface area contributed by atoms with Gasteiger partial charge in [-0.3, -0.25) is 14.6 Å². The number of carbonyl (C=O) groups is 1. The number of rotatable bonds is 3. The second-order valence-electron chi connectivity index (χ2n) is 4.49. The van der Waals surface area contributed by atoms with Gasteiger partial charge in [-0.15, -0.1) is 0 Å². The van der Waals surface area contributed by atoms with Crippen LogP contribution in [-0.4, -0.2) is 20.9 Å². The molecule has 0 atom stereocenters. The lowest BCUT2D eigenvalue weighted by Gasteiger charge is -2.03. The van der Waals surface area contributed by atoms with E-state index < -0.39 is 5.97 Å². The average molecular weight is 234 g/mol. The number of benzene rings is 1. The molecule has 0 aliphatic carbocycles. The minimum Gasteiger partial charge on any atom is -0.478 e. The maximum Gasteiger partial charge on any atom is 0.335 e. The second-order valence-corrected chi connectivity index (χ2v) is 4.49. The molecule has 2 N–H and O–H groups in total. The largest absolute Gasteiger partial charge is 0.478 e. The van der Waals surface area contributed by atoms with E-state index in [4.69, 9.17) is 5.11 Å². The fourth-order valence-electron chi connectivity index (χ4n) is 1.79. The predicted octanol–water partition coefficient (Wildman–Crippen LogP) is 1.68. The predicted molar refractivity (Wildman–Crippen MR) is 64.4 cm³/mol. The number of aromatic amines is 1. The molecule has 1 aromatic carbocycles. The van der Waals surface area contributed by atoms with Gasteiger partial charge in [-0.25, -0.2) is 4.79 Å². The molecule has 0 bridgehead atoms. The van der Waals surface area contributed by atoms with E-state index in [2.05, 4.69) is 5.10 Å². The smallest absolute Gasteiger partial charge is 0.335 e. The first-order chi connectivity index (χ1) is 7.99. The van der Waals surface area contributed by atoms with Gasteiger partial charge in [-0.2, -0.15) is 0 Å². The number of carboxylic acid groups (broad SMARTS) is 1. The van der Waals surface area contributed by atoms with Gasteiger partial charge in [-0.05, 0) is 24.1 Å². The second kappa shape index (κ2) is 4.08. The van der Waals surface area contributed by atoms with Gasteiger partial charge in [0.1, 0.15) is 0 Å². The van der Waals surface area contributed by atoms with Crippen molar-refractivity contribution in [3.8, 4) is 0 Å². The number of aromatic nitrogens is 2. The number of aromatic carboxylic acids is 1. The van der Waals surface area contributed by atoms with Crippen LogP contribution >= 0.6 is 0 Å². The monoisotopic (exact) mass is 234 g/mol. The fourth-order valence-corrected chi connectivity index (χ4v) is 1.79. The zero-order chi connectivity index (χ0) is 12.6. The Morgan fingerprint density at radius 3 is 2.76 bits per heavy atom. The van der Waals surface area contributed by atoms with E-state index >= 15 is 0 Å². The summed E-state index contributed by atoms with van der Waals surface area (Å²) in [4.78, 5) is 22.7. The minimum absolute atomic E-state index is 0.106. The Morgan fingerprint density at radius 1 is 1.47 bits per heavy atom. The molecule has 2 aromatic rings. The highest BCUT2D eigenvalue weighted by Crippen LogP contribution is 2.11. The molecule has 0 saturated carbocycles. The number of H-pyrrole nitrogens is 1. The first-order valence-electron chi connectivity index (χ1n) is 5.45. The van der Waals surface area contributed by atoms with Crippen molar-refractivity contribution in [3.05, 3.63) is 34.1 Å². The summed E-state index contributed by atoms with van der Waals surface area (Å²) in [5, 5.41) is 12.3. The Morgan fingerprint density at radius 2 is 2.18 bits per heavy atom. The molecule has 5 nitrogen and oxygen atoms in total. The molecule has 2 rings (SSSR count). The zero-order valence-corrected chi connectivity index (χ0v) is 9.73. The van der Waals surface area contributed by atoms with Crippen molar-refractivity contribution >= 4 is 16.9 Å². The minimum atomic E-state index is -0.996. The van der Waals surface area contributed by atoms with Crippen molar-refractivity contribution in [2.45, 2.75) is 20.4 Å². The summed E-state index contributed by atoms with van der Waals surface area (Å²) in [5.41, 5.74) is 0.636. The molecular weight excluding hydrogens is 220 g/mol. The van der Waals surface area contributed by atoms with Crippen molar-refractivity contribution in [1.29, 1.82) is 0 Å². The van der Waals surface area contributed by atoms with Crippen LogP contribution in [0.5, 0.6) is 0 Å². The molecule has 90 valence electrons. The molecule has 1 aromatic heterocycles. The summed E-state index contributed by atoms with van der Waals surface area (Å²) in [6.45, 7) is 4.62. The molecular formula is C12H14N2O3. The van der Waals surface area contributed by atoms with Crippen molar-refractivity contribution in [3.63, 3.8) is 0 Å². The summed E-state index contributed by atoms with van der Waals surface area (Å²) in [7, 11) is 0. The number of nitrogens with zero attached hydrogens (tertiary/aromatic N) is 1. The van der Waals surface area contributed by atoms with E-state index in [0.717, 1.165) is 0 Å². The fraction of sp³-hybridized carbons (Fsp3) is 0.333. The Hall–Kier alpha value is -2.04. The molecule has 0 radical (unpaired) electrons. The van der Waals surface area contributed by atoms with Crippen LogP contribution < -0.4 is 5.56 Å². The lowest BCUT2D eigenvalue weighted by atomic mass is 10.2. The van der Waals surface area contributed by atoms with Crippen LogP contribution in [0.2, 0.25) is 0 Å². The molecule has 0 aliphatic rings. The van der Waals surface area contributed by atoms with Crippen molar-refractivity contribution in [2.75, 3.05) is 0 Å². The third-order valence-electron chi connectivity index (χ3n) is 2.55. The highest BCUT2D eigenvalue weighted by molar-refractivity contribution is 5.92. The standard InChI is InChI=1S/C12H14N2O3/c1-7(2)6-14-11(15)9-4-3-8(12(16)17)5-10(9)13-14/h3-5,7,13H,6H2,1-2H3,(H,16,17). The summed E-state index contributed by atoms with van der Waals surface area (Å²) < 4.78 is 1.51. The highest BCUT2D eigenvalue weighted by Gasteiger charge is 2.10. The van der Waals surface area contributed by atoms with Crippen LogP contribution in [0.4, 0.5) is 0 Å². The Bertz CT molecular complexity index is 622. The maximum atomic E-state index is 11.9. The normalized spacial score (nSPS) is 11.2. The Kier molecular flexibility index (Phi) is 2.75. The van der Waals surface area contributed by atoms with Gasteiger partial charge in [0.25, 0.3) is 5.56 Å². The quantitative estimate of drug-likeness (QED) is 0.848. The van der Waals surface area contributed by atoms with Crippen LogP contribution in [0.3, 0.4) is 0 Å². The van der Waals surface area contributed by atoms with Crippen molar-refractivity contribution < 1.29 is 9.90 Å².